The van der Waals surface area contributed by atoms with Gasteiger partial charge in [-0.2, -0.15) is 0 Å². The van der Waals surface area contributed by atoms with Crippen molar-refractivity contribution in [1.29, 1.82) is 0 Å². The summed E-state index contributed by atoms with van der Waals surface area (Å²) in [5.74, 6) is 0.941. The van der Waals surface area contributed by atoms with Crippen molar-refractivity contribution in [2.45, 2.75) is 39.7 Å². The molecule has 0 aromatic rings. The Bertz CT molecular complexity index is 193. The molecule has 0 aliphatic heterocycles. The fourth-order valence-corrected chi connectivity index (χ4v) is 1.35. The molecule has 0 saturated carbocycles. The number of aliphatic imine (C=N–C) groups is 1. The van der Waals surface area contributed by atoms with Crippen molar-refractivity contribution in [2.24, 2.45) is 4.99 Å². The Morgan fingerprint density at radius 1 is 1.46 bits per heavy atom. The van der Waals surface area contributed by atoms with Crippen LogP contribution < -0.4 is 5.32 Å². The van der Waals surface area contributed by atoms with E-state index in [4.69, 9.17) is 0 Å². The quantitative estimate of drug-likeness (QED) is 0.599. The molecule has 0 amide bonds. The van der Waals surface area contributed by atoms with Gasteiger partial charge in [0.1, 0.15) is 5.84 Å². The first kappa shape index (κ1) is 12.7. The van der Waals surface area contributed by atoms with E-state index in [0.29, 0.717) is 6.04 Å². The first-order valence-electron chi connectivity index (χ1n) is 4.75. The van der Waals surface area contributed by atoms with Crippen molar-refractivity contribution in [1.82, 2.24) is 5.32 Å². The molecule has 0 aliphatic carbocycles. The van der Waals surface area contributed by atoms with Crippen LogP contribution in [0, 0.1) is 0 Å². The number of allylic oxidation sites excluding steroid dienone is 1. The predicted molar refractivity (Wildman–Crippen MR) is 63.5 cm³/mol. The number of hydrogen-bond acceptors (Lipinski definition) is 1. The average molecular weight is 247 g/mol. The molecule has 0 atom stereocenters. The third-order valence-electron chi connectivity index (χ3n) is 2.03. The van der Waals surface area contributed by atoms with Crippen molar-refractivity contribution in [2.75, 3.05) is 7.05 Å². The highest BCUT2D eigenvalue weighted by Crippen LogP contribution is 2.07. The number of amidine groups is 1. The largest absolute Gasteiger partial charge is 0.367 e. The van der Waals surface area contributed by atoms with Gasteiger partial charge in [0.15, 0.2) is 0 Å². The summed E-state index contributed by atoms with van der Waals surface area (Å²) in [5, 5.41) is 3.39. The van der Waals surface area contributed by atoms with E-state index < -0.39 is 0 Å². The molecule has 0 fully saturated rings. The van der Waals surface area contributed by atoms with E-state index in [2.05, 4.69) is 40.1 Å². The third kappa shape index (κ3) is 4.46. The van der Waals surface area contributed by atoms with Gasteiger partial charge < -0.3 is 5.32 Å². The summed E-state index contributed by atoms with van der Waals surface area (Å²) in [7, 11) is 1.80. The fourth-order valence-electron chi connectivity index (χ4n) is 1.06. The van der Waals surface area contributed by atoms with E-state index in [1.54, 1.807) is 7.05 Å². The van der Waals surface area contributed by atoms with Crippen LogP contribution in [-0.2, 0) is 0 Å². The minimum absolute atomic E-state index is 0.520. The Kier molecular flexibility index (Phi) is 6.96. The van der Waals surface area contributed by atoms with Gasteiger partial charge in [-0.3, -0.25) is 4.99 Å². The number of nitrogens with one attached hydrogen (secondary N) is 1. The van der Waals surface area contributed by atoms with Gasteiger partial charge in [-0.1, -0.05) is 19.9 Å². The molecule has 2 nitrogen and oxygen atoms in total. The lowest BCUT2D eigenvalue weighted by atomic mass is 10.2. The van der Waals surface area contributed by atoms with Crippen molar-refractivity contribution in [3.63, 3.8) is 0 Å². The molecule has 0 radical (unpaired) electrons. The van der Waals surface area contributed by atoms with Crippen LogP contribution in [0.2, 0.25) is 0 Å². The molecule has 0 spiro atoms. The summed E-state index contributed by atoms with van der Waals surface area (Å²) >= 11 is 3.46. The van der Waals surface area contributed by atoms with E-state index >= 15 is 0 Å². The van der Waals surface area contributed by atoms with Crippen LogP contribution in [0.3, 0.4) is 0 Å². The zero-order valence-electron chi connectivity index (χ0n) is 8.89. The predicted octanol–water partition coefficient (Wildman–Crippen LogP) is 3.09. The second-order valence-electron chi connectivity index (χ2n) is 2.87. The average Bonchev–Trinajstić information content (AvgIpc) is 2.19. The molecule has 0 aliphatic rings. The summed E-state index contributed by atoms with van der Waals surface area (Å²) in [6.45, 7) is 6.35. The molecule has 1 N–H and O–H groups in total. The maximum atomic E-state index is 4.18. The van der Waals surface area contributed by atoms with E-state index in [1.165, 1.54) is 0 Å². The highest BCUT2D eigenvalue weighted by atomic mass is 79.9. The maximum Gasteiger partial charge on any atom is 0.135 e. The van der Waals surface area contributed by atoms with Crippen LogP contribution in [0.15, 0.2) is 15.6 Å². The van der Waals surface area contributed by atoms with E-state index in [0.717, 1.165) is 23.2 Å². The highest BCUT2D eigenvalue weighted by molar-refractivity contribution is 9.12. The maximum absolute atomic E-state index is 4.18. The molecule has 3 heteroatoms. The van der Waals surface area contributed by atoms with Gasteiger partial charge in [0.2, 0.25) is 0 Å². The van der Waals surface area contributed by atoms with Crippen LogP contribution in [0.5, 0.6) is 0 Å². The molecule has 0 unspecified atom stereocenters. The van der Waals surface area contributed by atoms with E-state index in [1.807, 2.05) is 13.0 Å². The number of hydrogen-bond donors (Lipinski definition) is 1. The van der Waals surface area contributed by atoms with Gasteiger partial charge >= 0.3 is 0 Å². The van der Waals surface area contributed by atoms with Crippen LogP contribution in [0.25, 0.3) is 0 Å². The first-order valence-corrected chi connectivity index (χ1v) is 5.54. The summed E-state index contributed by atoms with van der Waals surface area (Å²) in [5.41, 5.74) is 0. The number of halogens is 1. The Labute approximate surface area is 89.6 Å². The first-order chi connectivity index (χ1) is 6.19. The molecule has 0 rings (SSSR count). The molecule has 0 heterocycles. The minimum Gasteiger partial charge on any atom is -0.367 e. The standard InChI is InChI=1S/C10H19BrN2/c1-5-8(6-2)13-10(12-4)9(11)7-3/h7-8H,5-6H2,1-4H3,(H,12,13)/b9-7+. The lowest BCUT2D eigenvalue weighted by Crippen LogP contribution is -2.34. The normalized spacial score (nSPS) is 13.7. The van der Waals surface area contributed by atoms with Crippen molar-refractivity contribution < 1.29 is 0 Å². The van der Waals surface area contributed by atoms with Crippen molar-refractivity contribution in [3.05, 3.63) is 10.6 Å². The Morgan fingerprint density at radius 2 is 2.00 bits per heavy atom. The second-order valence-corrected chi connectivity index (χ2v) is 3.72. The van der Waals surface area contributed by atoms with E-state index in [9.17, 15) is 0 Å². The molecule has 0 aromatic carbocycles. The van der Waals surface area contributed by atoms with Crippen molar-refractivity contribution in [3.8, 4) is 0 Å². The summed E-state index contributed by atoms with van der Waals surface area (Å²) in [6, 6.07) is 0.520. The molecule has 0 saturated heterocycles. The Balaban J connectivity index is 4.30. The number of rotatable bonds is 4. The monoisotopic (exact) mass is 246 g/mol. The van der Waals surface area contributed by atoms with Crippen LogP contribution in [-0.4, -0.2) is 18.9 Å². The minimum atomic E-state index is 0.520. The second kappa shape index (κ2) is 7.13. The fraction of sp³-hybridized carbons (Fsp3) is 0.700. The molecule has 13 heavy (non-hydrogen) atoms. The van der Waals surface area contributed by atoms with Gasteiger partial charge in [-0.15, -0.1) is 0 Å². The summed E-state index contributed by atoms with van der Waals surface area (Å²) in [4.78, 5) is 4.18. The van der Waals surface area contributed by atoms with Crippen LogP contribution in [0.4, 0.5) is 0 Å². The zero-order valence-corrected chi connectivity index (χ0v) is 10.5. The Hall–Kier alpha value is -0.310. The topological polar surface area (TPSA) is 24.4 Å². The summed E-state index contributed by atoms with van der Waals surface area (Å²) in [6.07, 6.45) is 4.25. The van der Waals surface area contributed by atoms with Gasteiger partial charge in [0, 0.05) is 13.1 Å². The summed E-state index contributed by atoms with van der Waals surface area (Å²) < 4.78 is 1.03. The zero-order chi connectivity index (χ0) is 10.3. The van der Waals surface area contributed by atoms with Crippen LogP contribution >= 0.6 is 15.9 Å². The van der Waals surface area contributed by atoms with Crippen LogP contribution in [0.1, 0.15) is 33.6 Å². The third-order valence-corrected chi connectivity index (χ3v) is 2.86. The molecule has 0 aromatic heterocycles. The molecule has 76 valence electrons. The van der Waals surface area contributed by atoms with Gasteiger partial charge in [0.05, 0.1) is 4.48 Å². The molecular formula is C10H19BrN2. The van der Waals surface area contributed by atoms with E-state index in [-0.39, 0.29) is 0 Å². The van der Waals surface area contributed by atoms with Gasteiger partial charge in [-0.05, 0) is 35.7 Å². The molecule has 0 bridgehead atoms. The Morgan fingerprint density at radius 3 is 2.31 bits per heavy atom. The SMILES string of the molecule is C/C=C(/Br)C(=NC)NC(CC)CC. The highest BCUT2D eigenvalue weighted by Gasteiger charge is 2.07. The number of nitrogens with zero attached hydrogens (tertiary/aromatic N) is 1. The van der Waals surface area contributed by atoms with Gasteiger partial charge in [-0.25, -0.2) is 0 Å². The lowest BCUT2D eigenvalue weighted by Gasteiger charge is -2.17. The lowest BCUT2D eigenvalue weighted by molar-refractivity contribution is 0.570. The van der Waals surface area contributed by atoms with Crippen molar-refractivity contribution >= 4 is 21.8 Å². The van der Waals surface area contributed by atoms with Gasteiger partial charge in [0.25, 0.3) is 0 Å². The molecular weight excluding hydrogens is 228 g/mol. The smallest absolute Gasteiger partial charge is 0.135 e.